The van der Waals surface area contributed by atoms with Crippen LogP contribution < -0.4 is 0 Å². The predicted octanol–water partition coefficient (Wildman–Crippen LogP) is 3.33. The summed E-state index contributed by atoms with van der Waals surface area (Å²) in [5, 5.41) is 10.5. The quantitative estimate of drug-likeness (QED) is 0.911. The summed E-state index contributed by atoms with van der Waals surface area (Å²) in [6.45, 7) is 3.52. The number of aliphatic hydroxyl groups excluding tert-OH is 1. The van der Waals surface area contributed by atoms with Crippen LogP contribution in [0.15, 0.2) is 35.9 Å². The summed E-state index contributed by atoms with van der Waals surface area (Å²) in [5.41, 5.74) is 2.43. The lowest BCUT2D eigenvalue weighted by Crippen LogP contribution is -2.36. The van der Waals surface area contributed by atoms with E-state index in [9.17, 15) is 5.11 Å². The van der Waals surface area contributed by atoms with Gasteiger partial charge in [-0.05, 0) is 49.9 Å². The van der Waals surface area contributed by atoms with Gasteiger partial charge in [0.1, 0.15) is 0 Å². The number of hydrogen-bond acceptors (Lipinski definition) is 2. The molecule has 2 aliphatic rings. The lowest BCUT2D eigenvalue weighted by molar-refractivity contribution is 0.114. The number of aliphatic hydroxyl groups is 1. The number of likely N-dealkylation sites (tertiary alicyclic amines) is 1. The molecule has 0 bridgehead atoms. The van der Waals surface area contributed by atoms with Crippen molar-refractivity contribution in [1.29, 1.82) is 0 Å². The summed E-state index contributed by atoms with van der Waals surface area (Å²) in [6, 6.07) is 10.4. The second-order valence-electron chi connectivity index (χ2n) is 6.23. The average molecular weight is 271 g/mol. The molecule has 1 N–H and O–H groups in total. The minimum absolute atomic E-state index is 0.239. The maximum atomic E-state index is 10.5. The molecule has 3 rings (SSSR count). The van der Waals surface area contributed by atoms with E-state index in [1.807, 2.05) is 6.07 Å². The van der Waals surface area contributed by atoms with E-state index >= 15 is 0 Å². The number of benzene rings is 1. The van der Waals surface area contributed by atoms with Crippen molar-refractivity contribution in [1.82, 2.24) is 4.90 Å². The molecule has 2 atom stereocenters. The molecule has 20 heavy (non-hydrogen) atoms. The van der Waals surface area contributed by atoms with E-state index in [1.165, 1.54) is 43.5 Å². The van der Waals surface area contributed by atoms with Crippen molar-refractivity contribution in [2.75, 3.05) is 19.6 Å². The van der Waals surface area contributed by atoms with E-state index in [0.717, 1.165) is 19.4 Å². The first-order chi connectivity index (χ1) is 9.83. The second-order valence-corrected chi connectivity index (χ2v) is 6.23. The van der Waals surface area contributed by atoms with Crippen LogP contribution in [0.2, 0.25) is 0 Å². The van der Waals surface area contributed by atoms with E-state index < -0.39 is 0 Å². The van der Waals surface area contributed by atoms with Gasteiger partial charge in [0, 0.05) is 12.5 Å². The summed E-state index contributed by atoms with van der Waals surface area (Å²) in [7, 11) is 0. The van der Waals surface area contributed by atoms with Crippen LogP contribution in [0, 0.1) is 5.92 Å². The van der Waals surface area contributed by atoms with Gasteiger partial charge in [-0.3, -0.25) is 0 Å². The first-order valence-electron chi connectivity index (χ1n) is 7.99. The zero-order valence-electron chi connectivity index (χ0n) is 12.2. The molecule has 1 aromatic carbocycles. The van der Waals surface area contributed by atoms with E-state index in [-0.39, 0.29) is 6.10 Å². The molecule has 1 aromatic rings. The molecule has 2 heteroatoms. The molecule has 1 aliphatic heterocycles. The van der Waals surface area contributed by atoms with Gasteiger partial charge in [-0.25, -0.2) is 0 Å². The first kappa shape index (κ1) is 13.8. The van der Waals surface area contributed by atoms with Gasteiger partial charge in [-0.1, -0.05) is 42.8 Å². The number of piperidine rings is 1. The molecule has 1 saturated heterocycles. The highest BCUT2D eigenvalue weighted by Gasteiger charge is 2.31. The fraction of sp³-hybridized carbons (Fsp3) is 0.556. The monoisotopic (exact) mass is 271 g/mol. The number of hydrogen-bond donors (Lipinski definition) is 1. The highest BCUT2D eigenvalue weighted by atomic mass is 16.3. The third-order valence-corrected chi connectivity index (χ3v) is 4.72. The predicted molar refractivity (Wildman–Crippen MR) is 83.4 cm³/mol. The molecular weight excluding hydrogens is 246 g/mol. The van der Waals surface area contributed by atoms with Gasteiger partial charge < -0.3 is 10.0 Å². The van der Waals surface area contributed by atoms with Crippen LogP contribution in [0.4, 0.5) is 0 Å². The third kappa shape index (κ3) is 3.31. The molecule has 1 saturated carbocycles. The van der Waals surface area contributed by atoms with Gasteiger partial charge in [-0.15, -0.1) is 0 Å². The Balaban J connectivity index is 1.61. The normalized spacial score (nSPS) is 29.9. The molecule has 2 fully saturated rings. The lowest BCUT2D eigenvalue weighted by atomic mass is 10.0. The van der Waals surface area contributed by atoms with Gasteiger partial charge in [0.05, 0.1) is 6.10 Å². The fourth-order valence-electron chi connectivity index (χ4n) is 3.55. The van der Waals surface area contributed by atoms with Crippen molar-refractivity contribution >= 4 is 6.08 Å². The first-order valence-corrected chi connectivity index (χ1v) is 7.99. The standard InChI is InChI=1S/C18H25NO/c20-18-16(13-15-7-3-1-4-8-15)9-10-17(18)14-19-11-5-2-6-12-19/h1,3-4,7-8,13,17-18,20H,2,5-6,9-12,14H2/b16-13+/t17-,18+/m0/s1. The third-order valence-electron chi connectivity index (χ3n) is 4.72. The zero-order valence-corrected chi connectivity index (χ0v) is 12.2. The van der Waals surface area contributed by atoms with Crippen LogP contribution in [-0.4, -0.2) is 35.7 Å². The molecule has 1 aliphatic carbocycles. The van der Waals surface area contributed by atoms with Crippen molar-refractivity contribution in [2.45, 2.75) is 38.2 Å². The van der Waals surface area contributed by atoms with Crippen LogP contribution in [0.1, 0.15) is 37.7 Å². The maximum Gasteiger partial charge on any atom is 0.0793 e. The van der Waals surface area contributed by atoms with Crippen LogP contribution in [-0.2, 0) is 0 Å². The van der Waals surface area contributed by atoms with E-state index in [1.54, 1.807) is 0 Å². The second kappa shape index (κ2) is 6.55. The van der Waals surface area contributed by atoms with Gasteiger partial charge in [-0.2, -0.15) is 0 Å². The topological polar surface area (TPSA) is 23.5 Å². The number of nitrogens with zero attached hydrogens (tertiary/aromatic N) is 1. The highest BCUT2D eigenvalue weighted by Crippen LogP contribution is 2.33. The Morgan fingerprint density at radius 1 is 1.10 bits per heavy atom. The van der Waals surface area contributed by atoms with Crippen molar-refractivity contribution in [3.63, 3.8) is 0 Å². The van der Waals surface area contributed by atoms with Crippen LogP contribution >= 0.6 is 0 Å². The van der Waals surface area contributed by atoms with Crippen LogP contribution in [0.3, 0.4) is 0 Å². The lowest BCUT2D eigenvalue weighted by Gasteiger charge is -2.30. The summed E-state index contributed by atoms with van der Waals surface area (Å²) >= 11 is 0. The molecule has 2 nitrogen and oxygen atoms in total. The smallest absolute Gasteiger partial charge is 0.0793 e. The minimum Gasteiger partial charge on any atom is -0.388 e. The SMILES string of the molecule is O[C@@H]1/C(=C/c2ccccc2)CC[C@H]1CN1CCCCC1. The van der Waals surface area contributed by atoms with Crippen molar-refractivity contribution in [3.05, 3.63) is 41.5 Å². The van der Waals surface area contributed by atoms with Crippen molar-refractivity contribution in [3.8, 4) is 0 Å². The number of rotatable bonds is 3. The molecule has 108 valence electrons. The van der Waals surface area contributed by atoms with Crippen LogP contribution in [0.25, 0.3) is 6.08 Å². The van der Waals surface area contributed by atoms with E-state index in [0.29, 0.717) is 5.92 Å². The van der Waals surface area contributed by atoms with Gasteiger partial charge in [0.15, 0.2) is 0 Å². The highest BCUT2D eigenvalue weighted by molar-refractivity contribution is 5.54. The minimum atomic E-state index is -0.239. The van der Waals surface area contributed by atoms with E-state index in [2.05, 4.69) is 35.2 Å². The fourth-order valence-corrected chi connectivity index (χ4v) is 3.55. The Hall–Kier alpha value is -1.12. The summed E-state index contributed by atoms with van der Waals surface area (Å²) in [5.74, 6) is 0.433. The van der Waals surface area contributed by atoms with Gasteiger partial charge in [0.25, 0.3) is 0 Å². The zero-order chi connectivity index (χ0) is 13.8. The summed E-state index contributed by atoms with van der Waals surface area (Å²) in [6.07, 6.45) is 8.16. The molecule has 1 heterocycles. The summed E-state index contributed by atoms with van der Waals surface area (Å²) in [4.78, 5) is 2.54. The Kier molecular flexibility index (Phi) is 4.54. The van der Waals surface area contributed by atoms with Gasteiger partial charge >= 0.3 is 0 Å². The van der Waals surface area contributed by atoms with Crippen molar-refractivity contribution in [2.24, 2.45) is 5.92 Å². The Bertz CT molecular complexity index is 448. The molecule has 0 amide bonds. The summed E-state index contributed by atoms with van der Waals surface area (Å²) < 4.78 is 0. The molecule has 0 aromatic heterocycles. The van der Waals surface area contributed by atoms with Crippen molar-refractivity contribution < 1.29 is 5.11 Å². The molecule has 0 unspecified atom stereocenters. The molecule has 0 radical (unpaired) electrons. The van der Waals surface area contributed by atoms with Gasteiger partial charge in [0.2, 0.25) is 0 Å². The van der Waals surface area contributed by atoms with Crippen LogP contribution in [0.5, 0.6) is 0 Å². The largest absolute Gasteiger partial charge is 0.388 e. The maximum absolute atomic E-state index is 10.5. The Morgan fingerprint density at radius 3 is 2.60 bits per heavy atom. The average Bonchev–Trinajstić information content (AvgIpc) is 2.83. The molecular formula is C18H25NO. The van der Waals surface area contributed by atoms with E-state index in [4.69, 9.17) is 0 Å². The Labute approximate surface area is 122 Å². The molecule has 0 spiro atoms. The Morgan fingerprint density at radius 2 is 1.85 bits per heavy atom.